The van der Waals surface area contributed by atoms with Crippen LogP contribution in [0.25, 0.3) is 22.0 Å². The van der Waals surface area contributed by atoms with E-state index in [9.17, 15) is 14.0 Å². The Bertz CT molecular complexity index is 1800. The fraction of sp³-hybridized carbons (Fsp3) is 0.0938. The van der Waals surface area contributed by atoms with Gasteiger partial charge >= 0.3 is 5.97 Å². The topological polar surface area (TPSA) is 92.8 Å². The smallest absolute Gasteiger partial charge is 0.343 e. The summed E-state index contributed by atoms with van der Waals surface area (Å²) in [5.74, 6) is -0.873. The molecule has 0 radical (unpaired) electrons. The van der Waals surface area contributed by atoms with Crippen molar-refractivity contribution in [2.75, 3.05) is 6.61 Å². The van der Waals surface area contributed by atoms with Crippen molar-refractivity contribution in [1.82, 2.24) is 10.4 Å². The van der Waals surface area contributed by atoms with Gasteiger partial charge in [-0.25, -0.2) is 14.6 Å². The number of nitrogens with one attached hydrogen (secondary N) is 2. The van der Waals surface area contributed by atoms with Gasteiger partial charge in [0.05, 0.1) is 18.4 Å². The molecule has 4 aromatic carbocycles. The SMILES string of the molecule is CCOc1cc(C=NNC(=O)c2[nH]c3ccc(F)cc3c2-c2ccccc2Cl)ccc1OC(=O)c1cccc(C)c1. The predicted molar refractivity (Wildman–Crippen MR) is 158 cm³/mol. The third-order valence-corrected chi connectivity index (χ3v) is 6.56. The van der Waals surface area contributed by atoms with Crippen molar-refractivity contribution in [2.24, 2.45) is 5.10 Å². The number of carbonyl (C=O) groups is 2. The molecule has 0 fully saturated rings. The Labute approximate surface area is 240 Å². The third-order valence-electron chi connectivity index (χ3n) is 6.23. The summed E-state index contributed by atoms with van der Waals surface area (Å²) in [5.41, 5.74) is 6.29. The summed E-state index contributed by atoms with van der Waals surface area (Å²) in [7, 11) is 0. The average Bonchev–Trinajstić information content (AvgIpc) is 3.33. The molecule has 1 amide bonds. The highest BCUT2D eigenvalue weighted by Gasteiger charge is 2.21. The number of hydrogen-bond acceptors (Lipinski definition) is 5. The van der Waals surface area contributed by atoms with Crippen LogP contribution in [0.2, 0.25) is 5.02 Å². The lowest BCUT2D eigenvalue weighted by Crippen LogP contribution is -2.19. The van der Waals surface area contributed by atoms with E-state index in [1.807, 2.05) is 19.9 Å². The van der Waals surface area contributed by atoms with Crippen LogP contribution in [0, 0.1) is 12.7 Å². The van der Waals surface area contributed by atoms with Gasteiger partial charge in [-0.3, -0.25) is 4.79 Å². The van der Waals surface area contributed by atoms with E-state index in [4.69, 9.17) is 21.1 Å². The van der Waals surface area contributed by atoms with Crippen molar-refractivity contribution in [3.05, 3.63) is 118 Å². The monoisotopic (exact) mass is 569 g/mol. The average molecular weight is 570 g/mol. The van der Waals surface area contributed by atoms with Crippen LogP contribution in [-0.2, 0) is 0 Å². The van der Waals surface area contributed by atoms with Gasteiger partial charge in [0.15, 0.2) is 11.5 Å². The van der Waals surface area contributed by atoms with Crippen molar-refractivity contribution in [1.29, 1.82) is 0 Å². The van der Waals surface area contributed by atoms with E-state index in [-0.39, 0.29) is 11.4 Å². The number of aromatic amines is 1. The van der Waals surface area contributed by atoms with E-state index < -0.39 is 17.7 Å². The first-order valence-corrected chi connectivity index (χ1v) is 13.2. The van der Waals surface area contributed by atoms with E-state index in [1.54, 1.807) is 66.7 Å². The second kappa shape index (κ2) is 12.1. The Morgan fingerprint density at radius 2 is 1.83 bits per heavy atom. The maximum Gasteiger partial charge on any atom is 0.343 e. The van der Waals surface area contributed by atoms with E-state index in [0.717, 1.165) is 5.56 Å². The number of halogens is 2. The number of esters is 1. The maximum absolute atomic E-state index is 14.1. The van der Waals surface area contributed by atoms with Gasteiger partial charge in [-0.1, -0.05) is 47.5 Å². The molecule has 5 aromatic rings. The zero-order chi connectivity index (χ0) is 28.9. The van der Waals surface area contributed by atoms with Crippen LogP contribution in [-0.4, -0.2) is 29.7 Å². The number of hydrazone groups is 1. The molecule has 1 aromatic heterocycles. The summed E-state index contributed by atoms with van der Waals surface area (Å²) in [6, 6.07) is 23.3. The molecule has 0 saturated carbocycles. The van der Waals surface area contributed by atoms with Crippen molar-refractivity contribution < 1.29 is 23.5 Å². The summed E-state index contributed by atoms with van der Waals surface area (Å²) in [6.45, 7) is 4.05. The van der Waals surface area contributed by atoms with E-state index in [0.29, 0.717) is 50.5 Å². The Kier molecular flexibility index (Phi) is 8.12. The van der Waals surface area contributed by atoms with Crippen LogP contribution in [0.3, 0.4) is 0 Å². The van der Waals surface area contributed by atoms with Gasteiger partial charge in [0.2, 0.25) is 0 Å². The van der Waals surface area contributed by atoms with Crippen LogP contribution in [0.5, 0.6) is 11.5 Å². The molecular formula is C32H25ClFN3O4. The van der Waals surface area contributed by atoms with Crippen LogP contribution in [0.4, 0.5) is 4.39 Å². The second-order valence-electron chi connectivity index (χ2n) is 9.14. The third kappa shape index (κ3) is 6.13. The molecule has 0 aliphatic heterocycles. The predicted octanol–water partition coefficient (Wildman–Crippen LogP) is 7.32. The number of H-pyrrole nitrogens is 1. The van der Waals surface area contributed by atoms with Gasteiger partial charge in [0.25, 0.3) is 5.91 Å². The Morgan fingerprint density at radius 1 is 1.00 bits per heavy atom. The van der Waals surface area contributed by atoms with Gasteiger partial charge in [-0.05, 0) is 74.0 Å². The molecule has 41 heavy (non-hydrogen) atoms. The molecule has 0 unspecified atom stereocenters. The lowest BCUT2D eigenvalue weighted by molar-refractivity contribution is 0.0728. The standard InChI is InChI=1S/C32H25ClFN3O4/c1-3-40-28-16-20(11-14-27(28)41-32(39)21-8-6-7-19(2)15-21)18-35-37-31(38)30-29(23-9-4-5-10-25(23)33)24-17-22(34)12-13-26(24)36-30/h4-18,36H,3H2,1-2H3,(H,37,38). The summed E-state index contributed by atoms with van der Waals surface area (Å²) in [5, 5.41) is 5.03. The quantitative estimate of drug-likeness (QED) is 0.0886. The van der Waals surface area contributed by atoms with Crippen LogP contribution >= 0.6 is 11.6 Å². The van der Waals surface area contributed by atoms with Crippen molar-refractivity contribution in [3.63, 3.8) is 0 Å². The number of rotatable bonds is 8. The first kappa shape index (κ1) is 27.6. The number of nitrogens with zero attached hydrogens (tertiary/aromatic N) is 1. The van der Waals surface area contributed by atoms with Crippen LogP contribution in [0.15, 0.2) is 90.0 Å². The minimum atomic E-state index is -0.540. The number of benzene rings is 4. The Hall–Kier alpha value is -4.95. The minimum Gasteiger partial charge on any atom is -0.490 e. The molecule has 1 heterocycles. The van der Waals surface area contributed by atoms with Gasteiger partial charge in [-0.15, -0.1) is 0 Å². The zero-order valence-electron chi connectivity index (χ0n) is 22.2. The zero-order valence-corrected chi connectivity index (χ0v) is 23.0. The molecule has 0 aliphatic rings. The highest BCUT2D eigenvalue weighted by molar-refractivity contribution is 6.34. The first-order chi connectivity index (χ1) is 19.8. The van der Waals surface area contributed by atoms with Crippen molar-refractivity contribution in [3.8, 4) is 22.6 Å². The second-order valence-corrected chi connectivity index (χ2v) is 9.55. The van der Waals surface area contributed by atoms with E-state index in [2.05, 4.69) is 15.5 Å². The highest BCUT2D eigenvalue weighted by Crippen LogP contribution is 2.37. The van der Waals surface area contributed by atoms with Gasteiger partial charge in [0.1, 0.15) is 11.5 Å². The minimum absolute atomic E-state index is 0.185. The lowest BCUT2D eigenvalue weighted by atomic mass is 10.0. The molecule has 0 bridgehead atoms. The molecule has 7 nitrogen and oxygen atoms in total. The van der Waals surface area contributed by atoms with E-state index >= 15 is 0 Å². The number of fused-ring (bicyclic) bond motifs is 1. The normalized spacial score (nSPS) is 11.1. The number of amides is 1. The molecule has 0 saturated heterocycles. The molecule has 9 heteroatoms. The van der Waals surface area contributed by atoms with Crippen LogP contribution < -0.4 is 14.9 Å². The molecule has 0 atom stereocenters. The van der Waals surface area contributed by atoms with Gasteiger partial charge in [0, 0.05) is 27.1 Å². The number of carbonyl (C=O) groups excluding carboxylic acids is 2. The molecule has 0 spiro atoms. The summed E-state index contributed by atoms with van der Waals surface area (Å²) in [4.78, 5) is 28.9. The van der Waals surface area contributed by atoms with Crippen molar-refractivity contribution in [2.45, 2.75) is 13.8 Å². The number of aryl methyl sites for hydroxylation is 1. The highest BCUT2D eigenvalue weighted by atomic mass is 35.5. The first-order valence-electron chi connectivity index (χ1n) is 12.8. The summed E-state index contributed by atoms with van der Waals surface area (Å²) in [6.07, 6.45) is 1.43. The fourth-order valence-corrected chi connectivity index (χ4v) is 4.62. The number of aromatic nitrogens is 1. The molecule has 5 rings (SSSR count). The number of ether oxygens (including phenoxy) is 2. The van der Waals surface area contributed by atoms with Gasteiger partial charge < -0.3 is 14.5 Å². The van der Waals surface area contributed by atoms with Crippen molar-refractivity contribution >= 4 is 40.6 Å². The Morgan fingerprint density at radius 3 is 2.61 bits per heavy atom. The molecule has 2 N–H and O–H groups in total. The molecule has 206 valence electrons. The van der Waals surface area contributed by atoms with Gasteiger partial charge in [-0.2, -0.15) is 5.10 Å². The molecule has 0 aliphatic carbocycles. The summed E-state index contributed by atoms with van der Waals surface area (Å²) < 4.78 is 25.4. The largest absolute Gasteiger partial charge is 0.490 e. The Balaban J connectivity index is 1.38. The van der Waals surface area contributed by atoms with Crippen LogP contribution in [0.1, 0.15) is 38.9 Å². The molecular weight excluding hydrogens is 545 g/mol. The fourth-order valence-electron chi connectivity index (χ4n) is 4.39. The lowest BCUT2D eigenvalue weighted by Gasteiger charge is -2.11. The van der Waals surface area contributed by atoms with E-state index in [1.165, 1.54) is 18.3 Å². The maximum atomic E-state index is 14.1. The summed E-state index contributed by atoms with van der Waals surface area (Å²) >= 11 is 6.43. The number of hydrogen-bond donors (Lipinski definition) is 2.